The molecule has 4 rings (SSSR count). The highest BCUT2D eigenvalue weighted by atomic mass is 19.1. The van der Waals surface area contributed by atoms with Crippen molar-refractivity contribution < 1.29 is 28.6 Å². The molecule has 2 aromatic carbocycles. The van der Waals surface area contributed by atoms with E-state index in [1.54, 1.807) is 18.2 Å². The van der Waals surface area contributed by atoms with E-state index >= 15 is 0 Å². The van der Waals surface area contributed by atoms with Crippen LogP contribution in [0.25, 0.3) is 5.76 Å². The molecule has 0 aliphatic carbocycles. The number of Topliss-reactive ketones (excluding diaryl/α,β-unsaturated/α-hetero) is 1. The van der Waals surface area contributed by atoms with Crippen LogP contribution in [0.4, 0.5) is 4.39 Å². The Morgan fingerprint density at radius 1 is 1.07 bits per heavy atom. The van der Waals surface area contributed by atoms with Gasteiger partial charge in [-0.3, -0.25) is 9.59 Å². The Balaban J connectivity index is 1.83. The summed E-state index contributed by atoms with van der Waals surface area (Å²) < 4.78 is 24.2. The quantitative estimate of drug-likeness (QED) is 0.500. The normalized spacial score (nSPS) is 20.8. The molecule has 1 unspecified atom stereocenters. The summed E-state index contributed by atoms with van der Waals surface area (Å²) >= 11 is 0. The van der Waals surface area contributed by atoms with E-state index in [1.165, 1.54) is 36.2 Å². The lowest BCUT2D eigenvalue weighted by molar-refractivity contribution is -0.139. The monoisotopic (exact) mass is 369 g/mol. The number of hydrogen-bond donors (Lipinski definition) is 1. The van der Waals surface area contributed by atoms with Crippen molar-refractivity contribution in [3.63, 3.8) is 0 Å². The van der Waals surface area contributed by atoms with Crippen LogP contribution in [0.3, 0.4) is 0 Å². The van der Waals surface area contributed by atoms with Gasteiger partial charge in [0, 0.05) is 12.6 Å². The van der Waals surface area contributed by atoms with Crippen LogP contribution in [-0.2, 0) is 9.59 Å². The molecule has 2 heterocycles. The number of carbonyl (C=O) groups excluding carboxylic acids is 2. The molecule has 1 N–H and O–H groups in total. The topological polar surface area (TPSA) is 76.1 Å². The van der Waals surface area contributed by atoms with Crippen LogP contribution in [0.5, 0.6) is 11.5 Å². The molecule has 1 saturated heterocycles. The van der Waals surface area contributed by atoms with E-state index in [0.717, 1.165) is 0 Å². The second kappa shape index (κ2) is 6.42. The number of likely N-dealkylation sites (N-methyl/N-ethyl adjacent to an activating group) is 1. The second-order valence-corrected chi connectivity index (χ2v) is 6.32. The number of hydrogen-bond acceptors (Lipinski definition) is 5. The predicted molar refractivity (Wildman–Crippen MR) is 93.9 cm³/mol. The van der Waals surface area contributed by atoms with Crippen molar-refractivity contribution in [3.8, 4) is 11.5 Å². The maximum atomic E-state index is 13.3. The molecule has 2 aromatic rings. The molecule has 1 amide bonds. The van der Waals surface area contributed by atoms with E-state index in [1.807, 2.05) is 0 Å². The molecule has 2 aliphatic heterocycles. The van der Waals surface area contributed by atoms with E-state index in [9.17, 15) is 19.1 Å². The van der Waals surface area contributed by atoms with Crippen LogP contribution in [-0.4, -0.2) is 42.0 Å². The first-order valence-electron chi connectivity index (χ1n) is 8.37. The number of fused-ring (bicyclic) bond motifs is 1. The van der Waals surface area contributed by atoms with E-state index < -0.39 is 23.5 Å². The molecule has 0 bridgehead atoms. The average Bonchev–Trinajstić information content (AvgIpc) is 2.92. The van der Waals surface area contributed by atoms with Crippen molar-refractivity contribution >= 4 is 17.4 Å². The number of aliphatic hydroxyl groups is 1. The number of nitrogens with zero attached hydrogens (tertiary/aromatic N) is 1. The molecule has 0 spiro atoms. The number of likely N-dealkylation sites (tertiary alicyclic amines) is 1. The summed E-state index contributed by atoms with van der Waals surface area (Å²) in [6.07, 6.45) is 0. The highest BCUT2D eigenvalue weighted by molar-refractivity contribution is 6.46. The van der Waals surface area contributed by atoms with Crippen LogP contribution >= 0.6 is 0 Å². The number of halogens is 1. The molecule has 0 saturated carbocycles. The summed E-state index contributed by atoms with van der Waals surface area (Å²) in [4.78, 5) is 26.0. The van der Waals surface area contributed by atoms with Gasteiger partial charge in [-0.25, -0.2) is 4.39 Å². The fourth-order valence-corrected chi connectivity index (χ4v) is 3.33. The first-order valence-corrected chi connectivity index (χ1v) is 8.37. The lowest BCUT2D eigenvalue weighted by Crippen LogP contribution is -2.24. The van der Waals surface area contributed by atoms with Gasteiger partial charge >= 0.3 is 0 Å². The highest BCUT2D eigenvalue weighted by Crippen LogP contribution is 2.40. The Hall–Kier alpha value is -3.35. The van der Waals surface area contributed by atoms with Gasteiger partial charge in [-0.05, 0) is 35.9 Å². The summed E-state index contributed by atoms with van der Waals surface area (Å²) in [5, 5.41) is 10.8. The summed E-state index contributed by atoms with van der Waals surface area (Å²) in [5.74, 6) is -1.27. The smallest absolute Gasteiger partial charge is 0.295 e. The van der Waals surface area contributed by atoms with Crippen LogP contribution in [0.15, 0.2) is 48.0 Å². The van der Waals surface area contributed by atoms with Crippen molar-refractivity contribution in [1.82, 2.24) is 4.90 Å². The fraction of sp³-hybridized carbons (Fsp3) is 0.200. The highest BCUT2D eigenvalue weighted by Gasteiger charge is 2.44. The number of amides is 1. The van der Waals surface area contributed by atoms with Gasteiger partial charge in [0.15, 0.2) is 11.5 Å². The van der Waals surface area contributed by atoms with Crippen LogP contribution < -0.4 is 9.47 Å². The first-order chi connectivity index (χ1) is 13.0. The molecule has 27 heavy (non-hydrogen) atoms. The van der Waals surface area contributed by atoms with Gasteiger partial charge in [0.05, 0.1) is 11.6 Å². The lowest BCUT2D eigenvalue weighted by atomic mass is 9.95. The van der Waals surface area contributed by atoms with Gasteiger partial charge in [0.1, 0.15) is 24.8 Å². The van der Waals surface area contributed by atoms with E-state index in [-0.39, 0.29) is 11.3 Å². The molecule has 138 valence electrons. The first kappa shape index (κ1) is 17.1. The van der Waals surface area contributed by atoms with Crippen molar-refractivity contribution in [3.05, 3.63) is 65.0 Å². The third kappa shape index (κ3) is 2.81. The Morgan fingerprint density at radius 2 is 1.74 bits per heavy atom. The summed E-state index contributed by atoms with van der Waals surface area (Å²) in [6, 6.07) is 9.45. The molecule has 2 aliphatic rings. The minimum atomic E-state index is -0.807. The third-order valence-electron chi connectivity index (χ3n) is 4.68. The number of rotatable bonds is 2. The molecule has 7 heteroatoms. The zero-order valence-corrected chi connectivity index (χ0v) is 14.4. The molecule has 0 radical (unpaired) electrons. The maximum absolute atomic E-state index is 13.3. The van der Waals surface area contributed by atoms with Crippen LogP contribution in [0, 0.1) is 5.82 Å². The number of carbonyl (C=O) groups is 2. The number of benzene rings is 2. The van der Waals surface area contributed by atoms with Gasteiger partial charge in [0.2, 0.25) is 0 Å². The molecular formula is C20H16FNO5. The minimum absolute atomic E-state index is 0.0502. The number of aliphatic hydroxyl groups excluding tert-OH is 1. The van der Waals surface area contributed by atoms with Gasteiger partial charge < -0.3 is 19.5 Å². The maximum Gasteiger partial charge on any atom is 0.295 e. The Kier molecular flexibility index (Phi) is 4.07. The van der Waals surface area contributed by atoms with Gasteiger partial charge in [-0.15, -0.1) is 0 Å². The number of ketones is 1. The fourth-order valence-electron chi connectivity index (χ4n) is 3.33. The second-order valence-electron chi connectivity index (χ2n) is 6.32. The number of ether oxygens (including phenoxy) is 2. The predicted octanol–water partition coefficient (Wildman–Crippen LogP) is 2.65. The zero-order valence-electron chi connectivity index (χ0n) is 14.4. The molecule has 1 fully saturated rings. The van der Waals surface area contributed by atoms with Crippen LogP contribution in [0.1, 0.15) is 17.2 Å². The van der Waals surface area contributed by atoms with E-state index in [2.05, 4.69) is 0 Å². The van der Waals surface area contributed by atoms with Gasteiger partial charge in [0.25, 0.3) is 11.7 Å². The van der Waals surface area contributed by atoms with Gasteiger partial charge in [-0.2, -0.15) is 0 Å². The van der Waals surface area contributed by atoms with Gasteiger partial charge in [-0.1, -0.05) is 12.1 Å². The van der Waals surface area contributed by atoms with Crippen molar-refractivity contribution in [2.45, 2.75) is 6.04 Å². The summed E-state index contributed by atoms with van der Waals surface area (Å²) in [7, 11) is 1.47. The Morgan fingerprint density at radius 3 is 2.44 bits per heavy atom. The third-order valence-corrected chi connectivity index (χ3v) is 4.68. The standard InChI is InChI=1S/C20H16FNO5/c1-22-17(11-2-5-13(21)6-3-11)16(19(24)20(22)25)18(23)12-4-7-14-15(10-12)27-9-8-26-14/h2-7,10,17,23H,8-9H2,1H3/b18-16+. The van der Waals surface area contributed by atoms with Crippen LogP contribution in [0.2, 0.25) is 0 Å². The molecular weight excluding hydrogens is 353 g/mol. The van der Waals surface area contributed by atoms with E-state index in [4.69, 9.17) is 9.47 Å². The van der Waals surface area contributed by atoms with Crippen molar-refractivity contribution in [2.75, 3.05) is 20.3 Å². The van der Waals surface area contributed by atoms with E-state index in [0.29, 0.717) is 35.8 Å². The Bertz CT molecular complexity index is 967. The molecule has 1 atom stereocenters. The SMILES string of the molecule is CN1C(=O)C(=O)/C(=C(/O)c2ccc3c(c2)OCCO3)C1c1ccc(F)cc1. The summed E-state index contributed by atoms with van der Waals surface area (Å²) in [6.45, 7) is 0.815. The summed E-state index contributed by atoms with van der Waals surface area (Å²) in [5.41, 5.74) is 0.806. The van der Waals surface area contributed by atoms with Crippen molar-refractivity contribution in [2.24, 2.45) is 0 Å². The average molecular weight is 369 g/mol. The lowest BCUT2D eigenvalue weighted by Gasteiger charge is -2.22. The Labute approximate surface area is 154 Å². The molecule has 6 nitrogen and oxygen atoms in total. The minimum Gasteiger partial charge on any atom is -0.507 e. The largest absolute Gasteiger partial charge is 0.507 e. The molecule has 0 aromatic heterocycles. The zero-order chi connectivity index (χ0) is 19.1. The van der Waals surface area contributed by atoms with Crippen molar-refractivity contribution in [1.29, 1.82) is 0 Å².